The number of rotatable bonds is 5. The van der Waals surface area contributed by atoms with Crippen LogP contribution in [0.5, 0.6) is 0 Å². The van der Waals surface area contributed by atoms with E-state index >= 15 is 0 Å². The van der Waals surface area contributed by atoms with Gasteiger partial charge in [0.15, 0.2) is 0 Å². The molecule has 8 aromatic rings. The SMILES string of the molecule is CC(C)(C)c1ccc(N2c3cc(N4c5ccc(C(C)(C)C)cc5C5(C)CCC45C)ccc3B3c4cc(-c5ccccc5)ccc4N(c4ccc(C(C)(C)C)cc4-c4ccccc4)c4cc(C(C)(C)C)cc2c43)cc1. The molecule has 12 rings (SSSR count). The van der Waals surface area contributed by atoms with E-state index < -0.39 is 0 Å². The van der Waals surface area contributed by atoms with E-state index in [2.05, 4.69) is 281 Å². The predicted molar refractivity (Wildman–Crippen MR) is 320 cm³/mol. The van der Waals surface area contributed by atoms with Crippen LogP contribution in [-0.4, -0.2) is 12.3 Å². The third kappa shape index (κ3) is 7.36. The zero-order valence-corrected chi connectivity index (χ0v) is 46.5. The predicted octanol–water partition coefficient (Wildman–Crippen LogP) is 17.3. The van der Waals surface area contributed by atoms with Crippen molar-refractivity contribution in [1.82, 2.24) is 0 Å². The van der Waals surface area contributed by atoms with Gasteiger partial charge in [-0.25, -0.2) is 0 Å². The first kappa shape index (κ1) is 48.2. The largest absolute Gasteiger partial charge is 0.334 e. The highest BCUT2D eigenvalue weighted by Crippen LogP contribution is 2.65. The maximum absolute atomic E-state index is 2.74. The van der Waals surface area contributed by atoms with Crippen molar-refractivity contribution in [3.8, 4) is 22.3 Å². The smallest absolute Gasteiger partial charge is 0.252 e. The molecule has 2 atom stereocenters. The van der Waals surface area contributed by atoms with E-state index in [4.69, 9.17) is 0 Å². The second kappa shape index (κ2) is 16.4. The van der Waals surface area contributed by atoms with Crippen molar-refractivity contribution in [3.63, 3.8) is 0 Å². The average Bonchev–Trinajstić information content (AvgIpc) is 3.50. The highest BCUT2D eigenvalue weighted by atomic mass is 15.3. The van der Waals surface area contributed by atoms with Crippen molar-refractivity contribution < 1.29 is 0 Å². The van der Waals surface area contributed by atoms with Crippen LogP contribution in [0.2, 0.25) is 0 Å². The number of fused-ring (bicyclic) bond motifs is 7. The van der Waals surface area contributed by atoms with Gasteiger partial charge in [-0.05, 0) is 163 Å². The number of nitrogens with zero attached hydrogens (tertiary/aromatic N) is 3. The second-order valence-electron chi connectivity index (χ2n) is 26.7. The number of benzene rings is 8. The van der Waals surface area contributed by atoms with Crippen LogP contribution in [0.1, 0.15) is 138 Å². The third-order valence-electron chi connectivity index (χ3n) is 18.0. The Bertz CT molecular complexity index is 3530. The molecule has 2 unspecified atom stereocenters. The summed E-state index contributed by atoms with van der Waals surface area (Å²) in [6.45, 7) is 33.1. The summed E-state index contributed by atoms with van der Waals surface area (Å²) in [7, 11) is 0. The van der Waals surface area contributed by atoms with Gasteiger partial charge in [0, 0.05) is 50.8 Å². The van der Waals surface area contributed by atoms with Crippen LogP contribution in [0.15, 0.2) is 170 Å². The summed E-state index contributed by atoms with van der Waals surface area (Å²) in [5.41, 5.74) is 25.6. The van der Waals surface area contributed by atoms with Crippen molar-refractivity contribution in [3.05, 3.63) is 198 Å². The van der Waals surface area contributed by atoms with E-state index in [1.165, 1.54) is 118 Å². The standard InChI is InChI=1S/C70H74BN3/c1-65(2,3)48-26-30-52(31-27-48)72-61-44-53(74-59-36-29-50(67(7,8)9)41-55(59)69(13)37-38-70(69,74)14)32-33-56(61)71-57-39-47(45-21-17-15-18-22-45)25-34-60(57)73(63-43-51(68(10,11)12)42-62(72)64(63)71)58-35-28-49(66(4,5)6)40-54(58)46-23-19-16-20-24-46/h15-36,39-44H,37-38H2,1-14H3. The zero-order valence-electron chi connectivity index (χ0n) is 46.5. The van der Waals surface area contributed by atoms with Crippen molar-refractivity contribution in [1.29, 1.82) is 0 Å². The molecule has 0 bridgehead atoms. The summed E-state index contributed by atoms with van der Waals surface area (Å²) in [6, 6.07) is 66.1. The van der Waals surface area contributed by atoms with Crippen LogP contribution in [0.4, 0.5) is 45.5 Å². The van der Waals surface area contributed by atoms with Gasteiger partial charge in [-0.15, -0.1) is 0 Å². The number of hydrogen-bond acceptors (Lipinski definition) is 3. The van der Waals surface area contributed by atoms with E-state index in [0.717, 1.165) is 6.42 Å². The fourth-order valence-electron chi connectivity index (χ4n) is 13.0. The Hall–Kier alpha value is -6.78. The van der Waals surface area contributed by atoms with Crippen LogP contribution in [0, 0.1) is 0 Å². The highest BCUT2D eigenvalue weighted by molar-refractivity contribution is 7.00. The van der Waals surface area contributed by atoms with E-state index in [-0.39, 0.29) is 39.3 Å². The summed E-state index contributed by atoms with van der Waals surface area (Å²) < 4.78 is 0. The molecule has 3 heterocycles. The van der Waals surface area contributed by atoms with Crippen molar-refractivity contribution in [2.24, 2.45) is 0 Å². The van der Waals surface area contributed by atoms with Gasteiger partial charge in [0.25, 0.3) is 6.71 Å². The van der Waals surface area contributed by atoms with Crippen molar-refractivity contribution >= 4 is 68.6 Å². The van der Waals surface area contributed by atoms with Gasteiger partial charge in [-0.3, -0.25) is 0 Å². The molecule has 74 heavy (non-hydrogen) atoms. The molecule has 372 valence electrons. The molecule has 3 aliphatic heterocycles. The van der Waals surface area contributed by atoms with E-state index in [1.54, 1.807) is 0 Å². The van der Waals surface area contributed by atoms with Crippen molar-refractivity contribution in [2.45, 2.75) is 142 Å². The minimum absolute atomic E-state index is 0.0163. The van der Waals surface area contributed by atoms with Gasteiger partial charge in [0.1, 0.15) is 0 Å². The molecule has 4 aliphatic rings. The van der Waals surface area contributed by atoms with Gasteiger partial charge in [-0.2, -0.15) is 0 Å². The van der Waals surface area contributed by atoms with Gasteiger partial charge < -0.3 is 14.7 Å². The quantitative estimate of drug-likeness (QED) is 0.159. The number of anilines is 8. The molecular formula is C70H74BN3. The first-order valence-corrected chi connectivity index (χ1v) is 27.3. The topological polar surface area (TPSA) is 9.72 Å². The molecule has 0 saturated heterocycles. The first-order valence-electron chi connectivity index (χ1n) is 27.3. The minimum Gasteiger partial charge on any atom is -0.334 e. The lowest BCUT2D eigenvalue weighted by Crippen LogP contribution is -2.62. The number of hydrogen-bond donors (Lipinski definition) is 0. The third-order valence-corrected chi connectivity index (χ3v) is 18.0. The Labute approximate surface area is 443 Å². The summed E-state index contributed by atoms with van der Waals surface area (Å²) in [5, 5.41) is 0. The zero-order chi connectivity index (χ0) is 52.1. The maximum atomic E-state index is 2.74. The molecule has 0 radical (unpaired) electrons. The summed E-state index contributed by atoms with van der Waals surface area (Å²) in [5.74, 6) is 0. The van der Waals surface area contributed by atoms with Gasteiger partial charge >= 0.3 is 0 Å². The molecular weight excluding hydrogens is 894 g/mol. The van der Waals surface area contributed by atoms with Gasteiger partial charge in [0.2, 0.25) is 0 Å². The maximum Gasteiger partial charge on any atom is 0.252 e. The van der Waals surface area contributed by atoms with Crippen LogP contribution in [0.25, 0.3) is 22.3 Å². The lowest BCUT2D eigenvalue weighted by atomic mass is 9.33. The molecule has 8 aromatic carbocycles. The lowest BCUT2D eigenvalue weighted by Gasteiger charge is -2.56. The van der Waals surface area contributed by atoms with Crippen LogP contribution >= 0.6 is 0 Å². The second-order valence-corrected chi connectivity index (χ2v) is 26.7. The Morgan fingerprint density at radius 1 is 0.378 bits per heavy atom. The Kier molecular flexibility index (Phi) is 10.7. The van der Waals surface area contributed by atoms with Gasteiger partial charge in [-0.1, -0.05) is 199 Å². The fraction of sp³-hybridized carbons (Fsp3) is 0.314. The minimum atomic E-state index is -0.152. The molecule has 0 aromatic heterocycles. The monoisotopic (exact) mass is 968 g/mol. The molecule has 1 aliphatic carbocycles. The van der Waals surface area contributed by atoms with E-state index in [9.17, 15) is 0 Å². The van der Waals surface area contributed by atoms with Crippen LogP contribution < -0.4 is 31.1 Å². The molecule has 4 heteroatoms. The van der Waals surface area contributed by atoms with Crippen LogP contribution in [0.3, 0.4) is 0 Å². The Morgan fingerprint density at radius 2 is 0.919 bits per heavy atom. The summed E-state index contributed by atoms with van der Waals surface area (Å²) in [4.78, 5) is 8.01. The lowest BCUT2D eigenvalue weighted by molar-refractivity contribution is 0.133. The normalized spacial score (nSPS) is 18.8. The molecule has 3 nitrogen and oxygen atoms in total. The fourth-order valence-corrected chi connectivity index (χ4v) is 13.0. The molecule has 0 amide bonds. The Morgan fingerprint density at radius 3 is 1.51 bits per heavy atom. The first-order chi connectivity index (χ1) is 35.0. The van der Waals surface area contributed by atoms with E-state index in [0.29, 0.717) is 0 Å². The molecule has 1 saturated carbocycles. The van der Waals surface area contributed by atoms with Crippen LogP contribution in [-0.2, 0) is 27.1 Å². The summed E-state index contributed by atoms with van der Waals surface area (Å²) >= 11 is 0. The van der Waals surface area contributed by atoms with E-state index in [1.807, 2.05) is 0 Å². The average molecular weight is 968 g/mol. The van der Waals surface area contributed by atoms with Gasteiger partial charge in [0.05, 0.1) is 11.2 Å². The molecule has 0 spiro atoms. The Balaban J connectivity index is 1.17. The van der Waals surface area contributed by atoms with Crippen molar-refractivity contribution in [2.75, 3.05) is 14.7 Å². The summed E-state index contributed by atoms with van der Waals surface area (Å²) in [6.07, 6.45) is 2.34. The molecule has 0 N–H and O–H groups in total. The highest BCUT2D eigenvalue weighted by Gasteiger charge is 2.63. The molecule has 1 fully saturated rings.